The van der Waals surface area contributed by atoms with Crippen LogP contribution in [0.4, 0.5) is 0 Å². The number of hydrogen-bond acceptors (Lipinski definition) is 8. The molecule has 0 radical (unpaired) electrons. The van der Waals surface area contributed by atoms with E-state index in [2.05, 4.69) is 43.5 Å². The van der Waals surface area contributed by atoms with Crippen molar-refractivity contribution in [2.75, 3.05) is 13.2 Å². The van der Waals surface area contributed by atoms with E-state index < -0.39 is 49.5 Å². The average molecular weight is 850 g/mol. The highest BCUT2D eigenvalue weighted by atomic mass is 16.7. The summed E-state index contributed by atoms with van der Waals surface area (Å²) in [6, 6.07) is -0.805. The summed E-state index contributed by atoms with van der Waals surface area (Å²) in [6.45, 7) is 3.76. The van der Waals surface area contributed by atoms with Crippen LogP contribution in [-0.2, 0) is 14.3 Å². The van der Waals surface area contributed by atoms with Crippen LogP contribution < -0.4 is 5.32 Å². The van der Waals surface area contributed by atoms with Crippen LogP contribution in [0.5, 0.6) is 0 Å². The number of hydrogen-bond donors (Lipinski definition) is 6. The summed E-state index contributed by atoms with van der Waals surface area (Å²) >= 11 is 0. The molecule has 1 rings (SSSR count). The Morgan fingerprint density at radius 1 is 0.567 bits per heavy atom. The van der Waals surface area contributed by atoms with Crippen molar-refractivity contribution in [3.8, 4) is 0 Å². The lowest BCUT2D eigenvalue weighted by Crippen LogP contribution is -2.60. The van der Waals surface area contributed by atoms with Crippen LogP contribution in [0.15, 0.2) is 36.5 Å². The maximum Gasteiger partial charge on any atom is 0.220 e. The van der Waals surface area contributed by atoms with Crippen molar-refractivity contribution in [3.63, 3.8) is 0 Å². The predicted octanol–water partition coefficient (Wildman–Crippen LogP) is 11.2. The lowest BCUT2D eigenvalue weighted by molar-refractivity contribution is -0.302. The van der Waals surface area contributed by atoms with Crippen molar-refractivity contribution >= 4 is 5.91 Å². The number of carbonyl (C=O) groups excluding carboxylic acids is 1. The van der Waals surface area contributed by atoms with Crippen LogP contribution in [-0.4, -0.2) is 87.5 Å². The summed E-state index contributed by atoms with van der Waals surface area (Å²) < 4.78 is 11.2. The number of allylic oxidation sites excluding steroid dienone is 5. The van der Waals surface area contributed by atoms with Gasteiger partial charge in [-0.15, -0.1) is 0 Å². The minimum absolute atomic E-state index is 0.180. The molecule has 1 heterocycles. The number of nitrogens with one attached hydrogen (secondary N) is 1. The largest absolute Gasteiger partial charge is 0.394 e. The molecular weight excluding hydrogens is 755 g/mol. The Labute approximate surface area is 368 Å². The maximum absolute atomic E-state index is 13.0. The number of aliphatic hydroxyl groups excluding tert-OH is 5. The van der Waals surface area contributed by atoms with E-state index >= 15 is 0 Å². The molecule has 0 aliphatic carbocycles. The van der Waals surface area contributed by atoms with E-state index in [1.165, 1.54) is 161 Å². The van der Waals surface area contributed by atoms with Crippen molar-refractivity contribution in [2.45, 2.75) is 269 Å². The van der Waals surface area contributed by atoms with Crippen LogP contribution in [0.2, 0.25) is 0 Å². The average Bonchev–Trinajstić information content (AvgIpc) is 3.25. The van der Waals surface area contributed by atoms with Gasteiger partial charge >= 0.3 is 0 Å². The van der Waals surface area contributed by atoms with Crippen molar-refractivity contribution in [3.05, 3.63) is 36.5 Å². The minimum Gasteiger partial charge on any atom is -0.394 e. The first-order valence-electron chi connectivity index (χ1n) is 25.2. The topological polar surface area (TPSA) is 149 Å². The van der Waals surface area contributed by atoms with Gasteiger partial charge in [-0.2, -0.15) is 0 Å². The summed E-state index contributed by atoms with van der Waals surface area (Å²) in [7, 11) is 0. The Kier molecular flexibility index (Phi) is 39.0. The Balaban J connectivity index is 2.31. The van der Waals surface area contributed by atoms with Crippen LogP contribution in [0.1, 0.15) is 226 Å². The number of rotatable bonds is 42. The number of amides is 1. The molecule has 1 aliphatic heterocycles. The highest BCUT2D eigenvalue weighted by Crippen LogP contribution is 2.23. The van der Waals surface area contributed by atoms with Crippen LogP contribution in [0.25, 0.3) is 0 Å². The zero-order chi connectivity index (χ0) is 43.7. The Bertz CT molecular complexity index is 1030. The minimum atomic E-state index is -1.57. The van der Waals surface area contributed by atoms with Gasteiger partial charge in [0, 0.05) is 6.42 Å². The van der Waals surface area contributed by atoms with E-state index in [-0.39, 0.29) is 12.5 Å². The summed E-state index contributed by atoms with van der Waals surface area (Å²) in [5.74, 6) is -0.180. The molecule has 7 atom stereocenters. The van der Waals surface area contributed by atoms with Gasteiger partial charge in [0.15, 0.2) is 6.29 Å². The van der Waals surface area contributed by atoms with E-state index in [4.69, 9.17) is 9.47 Å². The van der Waals surface area contributed by atoms with Crippen LogP contribution in [0, 0.1) is 0 Å². The van der Waals surface area contributed by atoms with E-state index in [1.54, 1.807) is 6.08 Å². The zero-order valence-electron chi connectivity index (χ0n) is 38.7. The molecule has 0 saturated carbocycles. The van der Waals surface area contributed by atoms with Gasteiger partial charge in [0.1, 0.15) is 24.4 Å². The molecule has 1 amide bonds. The molecule has 6 N–H and O–H groups in total. The van der Waals surface area contributed by atoms with Crippen LogP contribution in [0.3, 0.4) is 0 Å². The maximum atomic E-state index is 13.0. The number of carbonyl (C=O) groups is 1. The fourth-order valence-electron chi connectivity index (χ4n) is 7.91. The second-order valence-corrected chi connectivity index (χ2v) is 17.6. The first-order chi connectivity index (χ1) is 29.3. The van der Waals surface area contributed by atoms with Crippen molar-refractivity contribution < 1.29 is 39.8 Å². The van der Waals surface area contributed by atoms with E-state index in [9.17, 15) is 30.3 Å². The van der Waals surface area contributed by atoms with Crippen molar-refractivity contribution in [2.24, 2.45) is 0 Å². The third-order valence-corrected chi connectivity index (χ3v) is 12.0. The molecule has 7 unspecified atom stereocenters. The molecule has 60 heavy (non-hydrogen) atoms. The Morgan fingerprint density at radius 2 is 0.967 bits per heavy atom. The quantitative estimate of drug-likeness (QED) is 0.0202. The molecule has 0 bridgehead atoms. The molecule has 9 heteroatoms. The fourth-order valence-corrected chi connectivity index (χ4v) is 7.91. The summed E-state index contributed by atoms with van der Waals surface area (Å²) in [6.07, 6.45) is 44.7. The van der Waals surface area contributed by atoms with Crippen LogP contribution >= 0.6 is 0 Å². The molecule has 1 aliphatic rings. The van der Waals surface area contributed by atoms with Gasteiger partial charge in [-0.1, -0.05) is 211 Å². The van der Waals surface area contributed by atoms with E-state index in [0.717, 1.165) is 44.9 Å². The highest BCUT2D eigenvalue weighted by Gasteiger charge is 2.44. The number of aliphatic hydroxyl groups is 5. The molecule has 9 nitrogen and oxygen atoms in total. The molecule has 0 aromatic rings. The molecule has 352 valence electrons. The lowest BCUT2D eigenvalue weighted by Gasteiger charge is -2.40. The standard InChI is InChI=1S/C51H95NO8/c1-3-5-7-9-11-13-15-17-19-21-23-25-27-29-31-33-35-37-39-41-47(55)52-44(43-59-51-50(58)49(57)48(56)46(42-53)60-51)45(54)40-38-36-34-32-30-28-26-24-22-20-18-16-14-12-10-8-6-4-2/h11,13,15,17,38,40,44-46,48-51,53-54,56-58H,3-10,12,14,16,18-37,39,41-43H2,1-2H3,(H,52,55)/b13-11-,17-15-,40-38+. The predicted molar refractivity (Wildman–Crippen MR) is 249 cm³/mol. The molecule has 1 saturated heterocycles. The third kappa shape index (κ3) is 31.3. The summed E-state index contributed by atoms with van der Waals surface area (Å²) in [4.78, 5) is 13.0. The second-order valence-electron chi connectivity index (χ2n) is 17.6. The van der Waals surface area contributed by atoms with Gasteiger partial charge in [-0.05, 0) is 44.9 Å². The van der Waals surface area contributed by atoms with Gasteiger partial charge in [0.05, 0.1) is 25.4 Å². The van der Waals surface area contributed by atoms with E-state index in [0.29, 0.717) is 6.42 Å². The fraction of sp³-hybridized carbons (Fsp3) is 0.863. The summed E-state index contributed by atoms with van der Waals surface area (Å²) in [5, 5.41) is 54.3. The monoisotopic (exact) mass is 850 g/mol. The molecule has 1 fully saturated rings. The van der Waals surface area contributed by atoms with Gasteiger partial charge in [0.2, 0.25) is 5.91 Å². The first kappa shape index (κ1) is 56.4. The first-order valence-corrected chi connectivity index (χ1v) is 25.2. The van der Waals surface area contributed by atoms with Gasteiger partial charge < -0.3 is 40.3 Å². The second kappa shape index (κ2) is 41.4. The highest BCUT2D eigenvalue weighted by molar-refractivity contribution is 5.76. The Hall–Kier alpha value is -1.59. The van der Waals surface area contributed by atoms with Crippen molar-refractivity contribution in [1.29, 1.82) is 0 Å². The Morgan fingerprint density at radius 3 is 1.43 bits per heavy atom. The van der Waals surface area contributed by atoms with Gasteiger partial charge in [-0.3, -0.25) is 4.79 Å². The molecular formula is C51H95NO8. The van der Waals surface area contributed by atoms with Gasteiger partial charge in [0.25, 0.3) is 0 Å². The van der Waals surface area contributed by atoms with Gasteiger partial charge in [-0.25, -0.2) is 0 Å². The smallest absolute Gasteiger partial charge is 0.220 e. The zero-order valence-corrected chi connectivity index (χ0v) is 38.7. The van der Waals surface area contributed by atoms with E-state index in [1.807, 2.05) is 6.08 Å². The SMILES string of the molecule is CCCCC/C=C\C=C/CCCCCCCCCCCCC(=O)NC(COC1OC(CO)C(O)C(O)C1O)C(O)/C=C/CCCCCCCCCCCCCCCCCC. The molecule has 0 aromatic carbocycles. The third-order valence-electron chi connectivity index (χ3n) is 12.0. The number of unbranched alkanes of at least 4 members (excludes halogenated alkanes) is 29. The normalized spacial score (nSPS) is 20.8. The van der Waals surface area contributed by atoms with Crippen molar-refractivity contribution in [1.82, 2.24) is 5.32 Å². The molecule has 0 aromatic heterocycles. The molecule has 0 spiro atoms. The number of ether oxygens (including phenoxy) is 2. The lowest BCUT2D eigenvalue weighted by atomic mass is 9.99. The summed E-state index contributed by atoms with van der Waals surface area (Å²) in [5.41, 5.74) is 0.